The lowest BCUT2D eigenvalue weighted by Crippen LogP contribution is -2.38. The predicted octanol–water partition coefficient (Wildman–Crippen LogP) is 4.89. The summed E-state index contributed by atoms with van der Waals surface area (Å²) in [5, 5.41) is 21.5. The fraction of sp³-hybridized carbons (Fsp3) is 0.300. The summed E-state index contributed by atoms with van der Waals surface area (Å²) in [7, 11) is 0. The summed E-state index contributed by atoms with van der Waals surface area (Å²) in [5.74, 6) is 1.11. The highest BCUT2D eigenvalue weighted by atomic mass is 32.2. The van der Waals surface area contributed by atoms with Crippen molar-refractivity contribution in [3.8, 4) is 0 Å². The van der Waals surface area contributed by atoms with Crippen LogP contribution in [0, 0.1) is 5.92 Å². The van der Waals surface area contributed by atoms with Crippen molar-refractivity contribution in [2.75, 3.05) is 23.4 Å². The van der Waals surface area contributed by atoms with Gasteiger partial charge in [-0.3, -0.25) is 9.78 Å². The summed E-state index contributed by atoms with van der Waals surface area (Å²) >= 11 is 1.65. The molecular weight excluding hydrogens is 514 g/mol. The number of hydrogen-bond acceptors (Lipinski definition) is 8. The molecule has 0 bridgehead atoms. The third-order valence-corrected chi connectivity index (χ3v) is 7.80. The standard InChI is InChI=1S/C30H31N3O5S/c1-19-27(18-39-15-14-34)37-30(38-28(19)21-8-6-20(17-35)7-9-21)22-10-12-23(13-11-22)32-29(36)26-16-31-24-4-2-3-5-25(24)33-26/h2-13,16,19,27-28,30,34-35H,14-15,17-18H2,1H3,(H,32,36). The van der Waals surface area contributed by atoms with Gasteiger partial charge in [-0.1, -0.05) is 55.5 Å². The first-order valence-electron chi connectivity index (χ1n) is 12.9. The van der Waals surface area contributed by atoms with E-state index in [0.717, 1.165) is 28.0 Å². The Morgan fingerprint density at radius 3 is 2.38 bits per heavy atom. The molecule has 2 heterocycles. The molecule has 39 heavy (non-hydrogen) atoms. The number of rotatable bonds is 9. The first-order valence-corrected chi connectivity index (χ1v) is 14.0. The number of ether oxygens (including phenoxy) is 2. The molecule has 3 N–H and O–H groups in total. The van der Waals surface area contributed by atoms with Gasteiger partial charge in [-0.15, -0.1) is 0 Å². The number of nitrogens with one attached hydrogen (secondary N) is 1. The molecule has 4 aromatic rings. The van der Waals surface area contributed by atoms with E-state index in [4.69, 9.17) is 9.47 Å². The molecule has 1 fully saturated rings. The molecule has 3 aromatic carbocycles. The second kappa shape index (κ2) is 12.7. The molecule has 4 atom stereocenters. The lowest BCUT2D eigenvalue weighted by atomic mass is 9.91. The first kappa shape index (κ1) is 27.2. The molecule has 8 nitrogen and oxygen atoms in total. The summed E-state index contributed by atoms with van der Waals surface area (Å²) in [4.78, 5) is 21.5. The van der Waals surface area contributed by atoms with Crippen LogP contribution in [0.25, 0.3) is 11.0 Å². The molecule has 5 rings (SSSR count). The number of carbonyl (C=O) groups is 1. The quantitative estimate of drug-likeness (QED) is 0.255. The van der Waals surface area contributed by atoms with Crippen LogP contribution in [0.5, 0.6) is 0 Å². The molecule has 0 aliphatic carbocycles. The Balaban J connectivity index is 1.31. The zero-order chi connectivity index (χ0) is 27.2. The molecule has 0 saturated carbocycles. The van der Waals surface area contributed by atoms with Crippen LogP contribution in [-0.2, 0) is 16.1 Å². The number of aliphatic hydroxyl groups excluding tert-OH is 2. The SMILES string of the molecule is CC1C(CSCCO)OC(c2ccc(NC(=O)c3cnc4ccccc4n3)cc2)OC1c1ccc(CO)cc1. The van der Waals surface area contributed by atoms with Crippen LogP contribution < -0.4 is 5.32 Å². The largest absolute Gasteiger partial charge is 0.396 e. The van der Waals surface area contributed by atoms with Crippen LogP contribution >= 0.6 is 11.8 Å². The number of thioether (sulfide) groups is 1. The van der Waals surface area contributed by atoms with Gasteiger partial charge in [0.1, 0.15) is 5.69 Å². The molecular formula is C30H31N3O5S. The highest BCUT2D eigenvalue weighted by molar-refractivity contribution is 7.99. The van der Waals surface area contributed by atoms with E-state index in [-0.39, 0.29) is 42.9 Å². The second-order valence-corrected chi connectivity index (χ2v) is 10.6. The van der Waals surface area contributed by atoms with Crippen molar-refractivity contribution in [2.24, 2.45) is 5.92 Å². The van der Waals surface area contributed by atoms with Gasteiger partial charge in [-0.2, -0.15) is 11.8 Å². The van der Waals surface area contributed by atoms with E-state index in [9.17, 15) is 15.0 Å². The maximum atomic E-state index is 12.8. The Hall–Kier alpha value is -3.34. The number of carbonyl (C=O) groups excluding carboxylic acids is 1. The average Bonchev–Trinajstić information content (AvgIpc) is 2.98. The summed E-state index contributed by atoms with van der Waals surface area (Å²) in [6.45, 7) is 2.22. The van der Waals surface area contributed by atoms with Crippen LogP contribution in [0.1, 0.15) is 46.5 Å². The lowest BCUT2D eigenvalue weighted by Gasteiger charge is -2.41. The molecule has 1 saturated heterocycles. The minimum absolute atomic E-state index is 0.0101. The molecule has 1 aliphatic rings. The summed E-state index contributed by atoms with van der Waals surface area (Å²) in [5.41, 5.74) is 4.95. The van der Waals surface area contributed by atoms with E-state index < -0.39 is 6.29 Å². The van der Waals surface area contributed by atoms with Crippen LogP contribution in [-0.4, -0.2) is 50.3 Å². The fourth-order valence-electron chi connectivity index (χ4n) is 4.56. The van der Waals surface area contributed by atoms with Gasteiger partial charge in [0.05, 0.1) is 42.7 Å². The number of para-hydroxylation sites is 2. The van der Waals surface area contributed by atoms with Crippen LogP contribution in [0.15, 0.2) is 79.0 Å². The number of benzene rings is 3. The molecule has 9 heteroatoms. The first-order chi connectivity index (χ1) is 19.1. The van der Waals surface area contributed by atoms with Gasteiger partial charge in [0.15, 0.2) is 6.29 Å². The third-order valence-electron chi connectivity index (χ3n) is 6.76. The van der Waals surface area contributed by atoms with Gasteiger partial charge >= 0.3 is 0 Å². The van der Waals surface area contributed by atoms with Crippen molar-refractivity contribution >= 4 is 34.4 Å². The van der Waals surface area contributed by atoms with Crippen molar-refractivity contribution in [2.45, 2.75) is 32.0 Å². The van der Waals surface area contributed by atoms with E-state index in [1.165, 1.54) is 6.20 Å². The van der Waals surface area contributed by atoms with Crippen molar-refractivity contribution in [1.29, 1.82) is 0 Å². The Morgan fingerprint density at radius 2 is 1.67 bits per heavy atom. The maximum absolute atomic E-state index is 12.8. The van der Waals surface area contributed by atoms with Crippen LogP contribution in [0.3, 0.4) is 0 Å². The predicted molar refractivity (Wildman–Crippen MR) is 151 cm³/mol. The number of aliphatic hydroxyl groups is 2. The highest BCUT2D eigenvalue weighted by Crippen LogP contribution is 2.42. The molecule has 4 unspecified atom stereocenters. The maximum Gasteiger partial charge on any atom is 0.275 e. The van der Waals surface area contributed by atoms with E-state index in [1.54, 1.807) is 11.8 Å². The Morgan fingerprint density at radius 1 is 0.949 bits per heavy atom. The summed E-state index contributed by atoms with van der Waals surface area (Å²) in [6, 6.07) is 22.6. The van der Waals surface area contributed by atoms with Crippen molar-refractivity contribution in [3.63, 3.8) is 0 Å². The van der Waals surface area contributed by atoms with Gasteiger partial charge in [0, 0.05) is 28.7 Å². The van der Waals surface area contributed by atoms with Crippen molar-refractivity contribution in [1.82, 2.24) is 9.97 Å². The van der Waals surface area contributed by atoms with Gasteiger partial charge < -0.3 is 25.0 Å². The van der Waals surface area contributed by atoms with Gasteiger partial charge in [-0.25, -0.2) is 4.98 Å². The number of hydrogen-bond donors (Lipinski definition) is 3. The zero-order valence-corrected chi connectivity index (χ0v) is 22.4. The topological polar surface area (TPSA) is 114 Å². The van der Waals surface area contributed by atoms with Crippen LogP contribution in [0.2, 0.25) is 0 Å². The molecule has 1 aromatic heterocycles. The number of amides is 1. The summed E-state index contributed by atoms with van der Waals surface area (Å²) < 4.78 is 12.9. The van der Waals surface area contributed by atoms with Crippen molar-refractivity contribution in [3.05, 3.63) is 101 Å². The van der Waals surface area contributed by atoms with Gasteiger partial charge in [0.25, 0.3) is 5.91 Å². The van der Waals surface area contributed by atoms with E-state index in [0.29, 0.717) is 17.0 Å². The number of nitrogens with zero attached hydrogens (tertiary/aromatic N) is 2. The zero-order valence-electron chi connectivity index (χ0n) is 21.6. The number of aromatic nitrogens is 2. The molecule has 0 radical (unpaired) electrons. The highest BCUT2D eigenvalue weighted by Gasteiger charge is 2.38. The Bertz CT molecular complexity index is 1400. The number of fused-ring (bicyclic) bond motifs is 1. The third kappa shape index (κ3) is 6.46. The fourth-order valence-corrected chi connectivity index (χ4v) is 5.47. The summed E-state index contributed by atoms with van der Waals surface area (Å²) in [6.07, 6.45) is 0.578. The minimum atomic E-state index is -0.598. The molecule has 1 amide bonds. The molecule has 1 aliphatic heterocycles. The number of anilines is 1. The normalized spacial score (nSPS) is 21.1. The van der Waals surface area contributed by atoms with E-state index >= 15 is 0 Å². The van der Waals surface area contributed by atoms with E-state index in [1.807, 2.05) is 72.8 Å². The Labute approximate surface area is 231 Å². The second-order valence-electron chi connectivity index (χ2n) is 9.44. The molecule has 0 spiro atoms. The minimum Gasteiger partial charge on any atom is -0.396 e. The van der Waals surface area contributed by atoms with Gasteiger partial charge in [0.2, 0.25) is 0 Å². The van der Waals surface area contributed by atoms with E-state index in [2.05, 4.69) is 22.2 Å². The van der Waals surface area contributed by atoms with Crippen molar-refractivity contribution < 1.29 is 24.5 Å². The van der Waals surface area contributed by atoms with Crippen LogP contribution in [0.4, 0.5) is 5.69 Å². The van der Waals surface area contributed by atoms with Gasteiger partial charge in [-0.05, 0) is 35.4 Å². The smallest absolute Gasteiger partial charge is 0.275 e. The monoisotopic (exact) mass is 545 g/mol. The lowest BCUT2D eigenvalue weighted by molar-refractivity contribution is -0.268. The molecule has 202 valence electrons. The average molecular weight is 546 g/mol. The Kier molecular flexibility index (Phi) is 8.85.